The van der Waals surface area contributed by atoms with Crippen molar-refractivity contribution in [3.8, 4) is 0 Å². The summed E-state index contributed by atoms with van der Waals surface area (Å²) in [4.78, 5) is 0. The lowest BCUT2D eigenvalue weighted by Crippen LogP contribution is -2.62. The first-order valence-corrected chi connectivity index (χ1v) is 13.9. The Balaban J connectivity index is 1.07. The molecule has 2 bridgehead atoms. The SMILES string of the molecule is C[N+]1(CCCCCCCCC[N+]23CCC(CC2)C(Cc2ccccc2)C3)CCCCC1. The Labute approximate surface area is 193 Å². The van der Waals surface area contributed by atoms with Crippen LogP contribution in [0.15, 0.2) is 30.3 Å². The predicted octanol–water partition coefficient (Wildman–Crippen LogP) is 6.45. The number of piperidine rings is 4. The monoisotopic (exact) mass is 426 g/mol. The molecule has 2 heteroatoms. The van der Waals surface area contributed by atoms with Crippen molar-refractivity contribution in [2.75, 3.05) is 52.9 Å². The molecule has 5 rings (SSSR count). The van der Waals surface area contributed by atoms with Gasteiger partial charge >= 0.3 is 0 Å². The second-order valence-electron chi connectivity index (χ2n) is 11.8. The van der Waals surface area contributed by atoms with Gasteiger partial charge in [-0.15, -0.1) is 0 Å². The fourth-order valence-corrected chi connectivity index (χ4v) is 7.22. The van der Waals surface area contributed by atoms with E-state index in [4.69, 9.17) is 0 Å². The summed E-state index contributed by atoms with van der Waals surface area (Å²) in [6.45, 7) is 10.2. The molecule has 2 nitrogen and oxygen atoms in total. The van der Waals surface area contributed by atoms with E-state index in [1.807, 2.05) is 0 Å². The minimum atomic E-state index is 0.939. The average molecular weight is 427 g/mol. The lowest BCUT2D eigenvalue weighted by Gasteiger charge is -2.53. The normalized spacial score (nSPS) is 29.8. The zero-order valence-electron chi connectivity index (χ0n) is 20.6. The van der Waals surface area contributed by atoms with Crippen LogP contribution < -0.4 is 0 Å². The van der Waals surface area contributed by atoms with Crippen LogP contribution in [0.2, 0.25) is 0 Å². The van der Waals surface area contributed by atoms with Crippen LogP contribution in [0.25, 0.3) is 0 Å². The lowest BCUT2D eigenvalue weighted by molar-refractivity contribution is -0.947. The Morgan fingerprint density at radius 2 is 1.32 bits per heavy atom. The Morgan fingerprint density at radius 3 is 2.00 bits per heavy atom. The molecule has 4 fully saturated rings. The van der Waals surface area contributed by atoms with Gasteiger partial charge in [-0.2, -0.15) is 0 Å². The molecule has 1 aromatic rings. The van der Waals surface area contributed by atoms with Crippen LogP contribution in [0.3, 0.4) is 0 Å². The van der Waals surface area contributed by atoms with Gasteiger partial charge in [-0.3, -0.25) is 0 Å². The molecule has 0 aliphatic carbocycles. The van der Waals surface area contributed by atoms with E-state index in [-0.39, 0.29) is 0 Å². The number of rotatable bonds is 12. The van der Waals surface area contributed by atoms with Gasteiger partial charge in [0.25, 0.3) is 0 Å². The summed E-state index contributed by atoms with van der Waals surface area (Å²) in [6.07, 6.45) is 19.0. The molecule has 0 N–H and O–H groups in total. The standard InChI is InChI=1S/C29H50N2/c1-30(20-12-8-13-21-30)19-11-5-3-2-4-6-14-22-31-23-17-28(18-24-31)29(26-31)25-27-15-9-7-10-16-27/h7,9-10,15-16,28-29H,2-6,8,11-14,17-26H2,1H3/q+2. The fourth-order valence-electron chi connectivity index (χ4n) is 7.22. The van der Waals surface area contributed by atoms with Gasteiger partial charge in [0.1, 0.15) is 0 Å². The maximum Gasteiger partial charge on any atom is 0.0821 e. The van der Waals surface area contributed by atoms with Gasteiger partial charge < -0.3 is 8.97 Å². The third-order valence-corrected chi connectivity index (χ3v) is 9.30. The Morgan fingerprint density at radius 1 is 0.710 bits per heavy atom. The first kappa shape index (κ1) is 23.3. The summed E-state index contributed by atoms with van der Waals surface area (Å²) in [6, 6.07) is 11.3. The van der Waals surface area contributed by atoms with Crippen molar-refractivity contribution >= 4 is 0 Å². The third kappa shape index (κ3) is 6.81. The van der Waals surface area contributed by atoms with E-state index in [1.54, 1.807) is 5.56 Å². The molecular weight excluding hydrogens is 376 g/mol. The largest absolute Gasteiger partial charge is 0.326 e. The van der Waals surface area contributed by atoms with E-state index >= 15 is 0 Å². The van der Waals surface area contributed by atoms with E-state index in [0.29, 0.717) is 0 Å². The van der Waals surface area contributed by atoms with Crippen molar-refractivity contribution in [3.63, 3.8) is 0 Å². The van der Waals surface area contributed by atoms with Crippen molar-refractivity contribution in [1.29, 1.82) is 0 Å². The topological polar surface area (TPSA) is 0 Å². The number of quaternary nitrogens is 2. The van der Waals surface area contributed by atoms with Crippen LogP contribution in [0.4, 0.5) is 0 Å². The highest BCUT2D eigenvalue weighted by molar-refractivity contribution is 5.15. The Bertz CT molecular complexity index is 625. The second kappa shape index (κ2) is 11.3. The van der Waals surface area contributed by atoms with Crippen LogP contribution >= 0.6 is 0 Å². The zero-order chi connectivity index (χ0) is 21.4. The highest BCUT2D eigenvalue weighted by Crippen LogP contribution is 2.39. The van der Waals surface area contributed by atoms with Crippen molar-refractivity contribution in [2.24, 2.45) is 11.8 Å². The van der Waals surface area contributed by atoms with Crippen LogP contribution in [-0.2, 0) is 6.42 Å². The summed E-state index contributed by atoms with van der Waals surface area (Å²) < 4.78 is 2.83. The van der Waals surface area contributed by atoms with Crippen molar-refractivity contribution in [1.82, 2.24) is 0 Å². The number of fused-ring (bicyclic) bond motifs is 3. The lowest BCUT2D eigenvalue weighted by atomic mass is 9.74. The molecule has 0 aromatic heterocycles. The van der Waals surface area contributed by atoms with Crippen LogP contribution in [0, 0.1) is 11.8 Å². The van der Waals surface area contributed by atoms with Gasteiger partial charge in [-0.25, -0.2) is 0 Å². The molecule has 4 aliphatic heterocycles. The molecule has 4 saturated heterocycles. The highest BCUT2D eigenvalue weighted by Gasteiger charge is 2.45. The quantitative estimate of drug-likeness (QED) is 0.266. The molecule has 0 radical (unpaired) electrons. The molecule has 4 aliphatic rings. The van der Waals surface area contributed by atoms with Crippen LogP contribution in [-0.4, -0.2) is 61.8 Å². The Kier molecular flexibility index (Phi) is 8.51. The fraction of sp³-hybridized carbons (Fsp3) is 0.793. The summed E-state index contributed by atoms with van der Waals surface area (Å²) in [5.41, 5.74) is 1.57. The molecular formula is C29H50N2+2. The van der Waals surface area contributed by atoms with E-state index in [0.717, 1.165) is 11.8 Å². The van der Waals surface area contributed by atoms with Gasteiger partial charge in [-0.05, 0) is 62.8 Å². The first-order valence-electron chi connectivity index (χ1n) is 13.9. The van der Waals surface area contributed by atoms with E-state index in [2.05, 4.69) is 37.4 Å². The maximum atomic E-state index is 2.50. The molecule has 31 heavy (non-hydrogen) atoms. The van der Waals surface area contributed by atoms with Crippen LogP contribution in [0.5, 0.6) is 0 Å². The molecule has 4 heterocycles. The van der Waals surface area contributed by atoms with Gasteiger partial charge in [0.2, 0.25) is 0 Å². The number of nitrogens with zero attached hydrogens (tertiary/aromatic N) is 2. The van der Waals surface area contributed by atoms with E-state index in [9.17, 15) is 0 Å². The van der Waals surface area contributed by atoms with Gasteiger partial charge in [0, 0.05) is 18.8 Å². The summed E-state index contributed by atoms with van der Waals surface area (Å²) in [5, 5.41) is 0. The summed E-state index contributed by atoms with van der Waals surface area (Å²) >= 11 is 0. The van der Waals surface area contributed by atoms with Gasteiger partial charge in [-0.1, -0.05) is 49.6 Å². The van der Waals surface area contributed by atoms with Crippen molar-refractivity contribution in [2.45, 2.75) is 83.5 Å². The van der Waals surface area contributed by atoms with Crippen molar-refractivity contribution in [3.05, 3.63) is 35.9 Å². The molecule has 1 atom stereocenters. The molecule has 0 saturated carbocycles. The summed E-state index contributed by atoms with van der Waals surface area (Å²) in [7, 11) is 2.50. The smallest absolute Gasteiger partial charge is 0.0821 e. The number of unbranched alkanes of at least 4 members (excludes halogenated alkanes) is 6. The zero-order valence-corrected chi connectivity index (χ0v) is 20.6. The highest BCUT2D eigenvalue weighted by atomic mass is 15.4. The maximum absolute atomic E-state index is 2.50. The van der Waals surface area contributed by atoms with Crippen molar-refractivity contribution < 1.29 is 8.97 Å². The molecule has 0 amide bonds. The third-order valence-electron chi connectivity index (χ3n) is 9.30. The van der Waals surface area contributed by atoms with E-state index < -0.39 is 0 Å². The first-order chi connectivity index (χ1) is 15.2. The minimum Gasteiger partial charge on any atom is -0.326 e. The number of hydrogen-bond acceptors (Lipinski definition) is 0. The molecule has 174 valence electrons. The van der Waals surface area contributed by atoms with E-state index in [1.165, 1.54) is 138 Å². The molecule has 1 aromatic carbocycles. The number of hydrogen-bond donors (Lipinski definition) is 0. The molecule has 0 spiro atoms. The van der Waals surface area contributed by atoms with Gasteiger partial charge in [0.15, 0.2) is 0 Å². The number of benzene rings is 1. The molecule has 1 unspecified atom stereocenters. The van der Waals surface area contributed by atoms with Crippen LogP contribution in [0.1, 0.15) is 82.6 Å². The summed E-state index contributed by atoms with van der Waals surface area (Å²) in [5.74, 6) is 1.95. The second-order valence-corrected chi connectivity index (χ2v) is 11.8. The van der Waals surface area contributed by atoms with Gasteiger partial charge in [0.05, 0.1) is 52.9 Å². The Hall–Kier alpha value is -0.860. The predicted molar refractivity (Wildman–Crippen MR) is 133 cm³/mol. The average Bonchev–Trinajstić information content (AvgIpc) is 2.80. The number of likely N-dealkylation sites (tertiary alicyclic amines) is 1. The minimum absolute atomic E-state index is 0.939.